The van der Waals surface area contributed by atoms with Crippen molar-refractivity contribution in [2.24, 2.45) is 0 Å². The minimum atomic E-state index is 0.302. The Bertz CT molecular complexity index is 483. The maximum Gasteiger partial charge on any atom is 0.149 e. The average Bonchev–Trinajstić information content (AvgIpc) is 2.91. The normalized spacial score (nSPS) is 12.2. The van der Waals surface area contributed by atoms with Crippen LogP contribution >= 0.6 is 11.3 Å². The number of nitrogens with one attached hydrogen (secondary N) is 1. The molecule has 2 aromatic rings. The van der Waals surface area contributed by atoms with E-state index >= 15 is 0 Å². The van der Waals surface area contributed by atoms with Crippen LogP contribution in [0, 0.1) is 0 Å². The highest BCUT2D eigenvalue weighted by atomic mass is 32.1. The molecule has 0 aliphatic heterocycles. The van der Waals surface area contributed by atoms with Gasteiger partial charge in [0, 0.05) is 18.5 Å². The molecule has 0 aliphatic rings. The monoisotopic (exact) mass is 262 g/mol. The summed E-state index contributed by atoms with van der Waals surface area (Å²) in [5, 5.41) is 5.28. The van der Waals surface area contributed by atoms with Crippen LogP contribution in [0.3, 0.4) is 0 Å². The number of aromatic nitrogens is 2. The zero-order valence-corrected chi connectivity index (χ0v) is 11.7. The molecule has 0 spiro atoms. The van der Waals surface area contributed by atoms with Gasteiger partial charge in [0.15, 0.2) is 0 Å². The van der Waals surface area contributed by atoms with Gasteiger partial charge in [-0.1, -0.05) is 6.07 Å². The van der Waals surface area contributed by atoms with E-state index < -0.39 is 0 Å². The highest BCUT2D eigenvalue weighted by Gasteiger charge is 2.14. The number of rotatable bonds is 5. The molecule has 96 valence electrons. The summed E-state index contributed by atoms with van der Waals surface area (Å²) in [4.78, 5) is 12.2. The third kappa shape index (κ3) is 2.79. The van der Waals surface area contributed by atoms with Crippen LogP contribution in [-0.2, 0) is 0 Å². The quantitative estimate of drug-likeness (QED) is 0.898. The molecule has 4 nitrogen and oxygen atoms in total. The average molecular weight is 262 g/mol. The van der Waals surface area contributed by atoms with Gasteiger partial charge in [0.2, 0.25) is 0 Å². The molecule has 0 bridgehead atoms. The highest BCUT2D eigenvalue weighted by molar-refractivity contribution is 7.10. The zero-order valence-electron chi connectivity index (χ0n) is 10.9. The van der Waals surface area contributed by atoms with Gasteiger partial charge in [0.05, 0.1) is 18.4 Å². The summed E-state index contributed by atoms with van der Waals surface area (Å²) >= 11 is 1.76. The van der Waals surface area contributed by atoms with E-state index in [0.717, 1.165) is 18.2 Å². The van der Waals surface area contributed by atoms with Gasteiger partial charge in [0.25, 0.3) is 0 Å². The van der Waals surface area contributed by atoms with Gasteiger partial charge in [-0.05, 0) is 25.3 Å². The van der Waals surface area contributed by atoms with Crippen molar-refractivity contribution in [3.05, 3.63) is 34.8 Å². The Morgan fingerprint density at radius 3 is 2.94 bits per heavy atom. The lowest BCUT2D eigenvalue weighted by molar-refractivity contribution is 0.740. The molecule has 1 atom stereocenters. The largest absolute Gasteiger partial charge is 0.369 e. The van der Waals surface area contributed by atoms with Gasteiger partial charge in [0.1, 0.15) is 11.6 Å². The molecule has 0 saturated carbocycles. The minimum absolute atomic E-state index is 0.302. The summed E-state index contributed by atoms with van der Waals surface area (Å²) < 4.78 is 0. The first-order valence-corrected chi connectivity index (χ1v) is 6.92. The van der Waals surface area contributed by atoms with Gasteiger partial charge in [-0.3, -0.25) is 4.98 Å². The van der Waals surface area contributed by atoms with Crippen molar-refractivity contribution in [1.82, 2.24) is 9.97 Å². The van der Waals surface area contributed by atoms with Crippen molar-refractivity contribution in [2.45, 2.75) is 19.9 Å². The van der Waals surface area contributed by atoms with E-state index in [1.807, 2.05) is 14.0 Å². The Balaban J connectivity index is 2.17. The maximum absolute atomic E-state index is 4.55. The van der Waals surface area contributed by atoms with Gasteiger partial charge in [-0.15, -0.1) is 11.3 Å². The second kappa shape index (κ2) is 5.82. The number of nitrogens with zero attached hydrogens (tertiary/aromatic N) is 3. The first kappa shape index (κ1) is 12.8. The number of anilines is 2. The fraction of sp³-hybridized carbons (Fsp3) is 0.385. The lowest BCUT2D eigenvalue weighted by atomic mass is 10.2. The maximum atomic E-state index is 4.55. The standard InChI is InChI=1S/C13H18N4S/c1-4-15-12-8-14-9-13(16-12)17(3)10(2)11-6-5-7-18-11/h5-10H,4H2,1-3H3,(H,15,16). The van der Waals surface area contributed by atoms with E-state index in [4.69, 9.17) is 0 Å². The molecular formula is C13H18N4S. The van der Waals surface area contributed by atoms with Crippen molar-refractivity contribution in [2.75, 3.05) is 23.8 Å². The molecule has 18 heavy (non-hydrogen) atoms. The smallest absolute Gasteiger partial charge is 0.149 e. The molecule has 2 rings (SSSR count). The first-order chi connectivity index (χ1) is 8.72. The van der Waals surface area contributed by atoms with Crippen molar-refractivity contribution in [3.63, 3.8) is 0 Å². The minimum Gasteiger partial charge on any atom is -0.369 e. The Labute approximate surface area is 112 Å². The van der Waals surface area contributed by atoms with E-state index in [1.54, 1.807) is 23.7 Å². The van der Waals surface area contributed by atoms with Gasteiger partial charge in [-0.2, -0.15) is 0 Å². The Hall–Kier alpha value is -1.62. The topological polar surface area (TPSA) is 41.1 Å². The Morgan fingerprint density at radius 2 is 2.28 bits per heavy atom. The second-order valence-electron chi connectivity index (χ2n) is 4.10. The van der Waals surface area contributed by atoms with E-state index in [-0.39, 0.29) is 0 Å². The van der Waals surface area contributed by atoms with E-state index in [1.165, 1.54) is 4.88 Å². The van der Waals surface area contributed by atoms with Crippen molar-refractivity contribution in [1.29, 1.82) is 0 Å². The molecule has 5 heteroatoms. The number of thiophene rings is 1. The molecule has 0 aromatic carbocycles. The highest BCUT2D eigenvalue weighted by Crippen LogP contribution is 2.26. The van der Waals surface area contributed by atoms with Crippen LogP contribution in [0.15, 0.2) is 29.9 Å². The van der Waals surface area contributed by atoms with Crippen LogP contribution in [-0.4, -0.2) is 23.6 Å². The lowest BCUT2D eigenvalue weighted by Gasteiger charge is -2.25. The summed E-state index contributed by atoms with van der Waals surface area (Å²) in [6, 6.07) is 4.52. The van der Waals surface area contributed by atoms with E-state index in [0.29, 0.717) is 6.04 Å². The van der Waals surface area contributed by atoms with Gasteiger partial charge < -0.3 is 10.2 Å². The van der Waals surface area contributed by atoms with Crippen LogP contribution < -0.4 is 10.2 Å². The van der Waals surface area contributed by atoms with Crippen molar-refractivity contribution >= 4 is 23.0 Å². The van der Waals surface area contributed by atoms with Crippen LogP contribution in [0.2, 0.25) is 0 Å². The molecule has 0 fully saturated rings. The van der Waals surface area contributed by atoms with Crippen molar-refractivity contribution in [3.8, 4) is 0 Å². The van der Waals surface area contributed by atoms with Gasteiger partial charge in [-0.25, -0.2) is 4.98 Å². The third-order valence-corrected chi connectivity index (χ3v) is 3.92. The van der Waals surface area contributed by atoms with Gasteiger partial charge >= 0.3 is 0 Å². The third-order valence-electron chi connectivity index (χ3n) is 2.88. The summed E-state index contributed by atoms with van der Waals surface area (Å²) in [6.45, 7) is 5.07. The van der Waals surface area contributed by atoms with Crippen LogP contribution in [0.5, 0.6) is 0 Å². The molecule has 2 heterocycles. The molecule has 1 N–H and O–H groups in total. The summed E-state index contributed by atoms with van der Waals surface area (Å²) in [5.74, 6) is 1.70. The molecule has 1 unspecified atom stereocenters. The van der Waals surface area contributed by atoms with E-state index in [9.17, 15) is 0 Å². The first-order valence-electron chi connectivity index (χ1n) is 6.04. The SMILES string of the molecule is CCNc1cncc(N(C)C(C)c2cccs2)n1. The summed E-state index contributed by atoms with van der Waals surface area (Å²) in [6.07, 6.45) is 3.54. The predicted octanol–water partition coefficient (Wildman–Crippen LogP) is 3.17. The van der Waals surface area contributed by atoms with Crippen molar-refractivity contribution < 1.29 is 0 Å². The van der Waals surface area contributed by atoms with Crippen LogP contribution in [0.4, 0.5) is 11.6 Å². The predicted molar refractivity (Wildman–Crippen MR) is 77.3 cm³/mol. The zero-order chi connectivity index (χ0) is 13.0. The Morgan fingerprint density at radius 1 is 1.44 bits per heavy atom. The molecule has 0 radical (unpaired) electrons. The number of hydrogen-bond donors (Lipinski definition) is 1. The molecule has 0 aliphatic carbocycles. The fourth-order valence-corrected chi connectivity index (χ4v) is 2.54. The van der Waals surface area contributed by atoms with Crippen LogP contribution in [0.1, 0.15) is 24.8 Å². The molecular weight excluding hydrogens is 244 g/mol. The Kier molecular flexibility index (Phi) is 4.15. The molecule has 0 amide bonds. The fourth-order valence-electron chi connectivity index (χ4n) is 1.71. The lowest BCUT2D eigenvalue weighted by Crippen LogP contribution is -2.22. The second-order valence-corrected chi connectivity index (χ2v) is 5.07. The molecule has 2 aromatic heterocycles. The summed E-state index contributed by atoms with van der Waals surface area (Å²) in [7, 11) is 2.05. The molecule has 0 saturated heterocycles. The summed E-state index contributed by atoms with van der Waals surface area (Å²) in [5.41, 5.74) is 0. The van der Waals surface area contributed by atoms with Crippen LogP contribution in [0.25, 0.3) is 0 Å². The van der Waals surface area contributed by atoms with E-state index in [2.05, 4.69) is 44.6 Å². The number of hydrogen-bond acceptors (Lipinski definition) is 5.